The molecule has 0 bridgehead atoms. The van der Waals surface area contributed by atoms with Crippen molar-refractivity contribution in [2.24, 2.45) is 0 Å². The fourth-order valence-electron chi connectivity index (χ4n) is 3.51. The van der Waals surface area contributed by atoms with E-state index in [4.69, 9.17) is 27.9 Å². The van der Waals surface area contributed by atoms with Crippen molar-refractivity contribution in [3.63, 3.8) is 0 Å². The van der Waals surface area contributed by atoms with Crippen molar-refractivity contribution in [1.82, 2.24) is 4.90 Å². The quantitative estimate of drug-likeness (QED) is 0.195. The van der Waals surface area contributed by atoms with Gasteiger partial charge in [0.15, 0.2) is 0 Å². The minimum Gasteiger partial charge on any atom is -0.492 e. The molecule has 0 saturated carbocycles. The van der Waals surface area contributed by atoms with Crippen molar-refractivity contribution < 1.29 is 14.3 Å². The number of hydrogen-bond acceptors (Lipinski definition) is 3. The molecule has 3 aromatic carbocycles. The van der Waals surface area contributed by atoms with Crippen LogP contribution in [0.25, 0.3) is 11.1 Å². The number of hydrogen-bond donors (Lipinski definition) is 0. The first-order chi connectivity index (χ1) is 14.9. The van der Waals surface area contributed by atoms with Crippen molar-refractivity contribution in [2.45, 2.75) is 13.3 Å². The summed E-state index contributed by atoms with van der Waals surface area (Å²) in [5, 5.41) is 0.995. The van der Waals surface area contributed by atoms with E-state index in [1.165, 1.54) is 4.90 Å². The minimum atomic E-state index is -0.273. The van der Waals surface area contributed by atoms with Crippen LogP contribution in [0, 0.1) is 3.57 Å². The molecule has 0 fully saturated rings. The molecule has 0 spiro atoms. The Hall–Kier alpha value is -2.09. The molecule has 31 heavy (non-hydrogen) atoms. The maximum atomic E-state index is 12.7. The number of benzene rings is 3. The average molecular weight is 566 g/mol. The Kier molecular flexibility index (Phi) is 6.55. The lowest BCUT2D eigenvalue weighted by atomic mass is 10.0. The maximum absolute atomic E-state index is 12.7. The number of imide groups is 1. The second kappa shape index (κ2) is 9.18. The molecule has 7 heteroatoms. The van der Waals surface area contributed by atoms with E-state index in [9.17, 15) is 9.59 Å². The first-order valence-electron chi connectivity index (χ1n) is 9.76. The van der Waals surface area contributed by atoms with E-state index >= 15 is 0 Å². The third kappa shape index (κ3) is 4.45. The highest BCUT2D eigenvalue weighted by molar-refractivity contribution is 14.1. The van der Waals surface area contributed by atoms with E-state index in [-0.39, 0.29) is 25.0 Å². The molecule has 4 rings (SSSR count). The number of carbonyl (C=O) groups is 2. The molecule has 0 aromatic heterocycles. The fraction of sp³-hybridized carbons (Fsp3) is 0.167. The van der Waals surface area contributed by atoms with Gasteiger partial charge in [-0.15, -0.1) is 0 Å². The Labute approximate surface area is 204 Å². The van der Waals surface area contributed by atoms with E-state index in [1.54, 1.807) is 12.1 Å². The fourth-order valence-corrected chi connectivity index (χ4v) is 4.80. The lowest BCUT2D eigenvalue weighted by molar-refractivity contribution is 0.0631. The van der Waals surface area contributed by atoms with E-state index in [0.717, 1.165) is 26.7 Å². The zero-order valence-corrected chi connectivity index (χ0v) is 20.3. The van der Waals surface area contributed by atoms with Crippen molar-refractivity contribution in [1.29, 1.82) is 0 Å². The molecule has 4 nitrogen and oxygen atoms in total. The van der Waals surface area contributed by atoms with Crippen LogP contribution >= 0.6 is 45.8 Å². The van der Waals surface area contributed by atoms with Crippen LogP contribution in [-0.2, 0) is 6.42 Å². The number of ether oxygens (including phenoxy) is 1. The molecule has 1 heterocycles. The highest BCUT2D eigenvalue weighted by atomic mass is 127. The molecule has 0 unspecified atom stereocenters. The second-order valence-electron chi connectivity index (χ2n) is 7.12. The summed E-state index contributed by atoms with van der Waals surface area (Å²) < 4.78 is 6.83. The van der Waals surface area contributed by atoms with Gasteiger partial charge in [-0.1, -0.05) is 48.3 Å². The number of nitrogens with zero attached hydrogens (tertiary/aromatic N) is 1. The predicted molar refractivity (Wildman–Crippen MR) is 131 cm³/mol. The number of carbonyl (C=O) groups excluding carboxylic acids is 2. The number of aryl methyl sites for hydroxylation is 1. The van der Waals surface area contributed by atoms with Crippen molar-refractivity contribution in [3.05, 3.63) is 84.9 Å². The molecular weight excluding hydrogens is 548 g/mol. The molecular formula is C24H18Cl2INO3. The Bertz CT molecular complexity index is 1200. The summed E-state index contributed by atoms with van der Waals surface area (Å²) in [6.07, 6.45) is 0.811. The summed E-state index contributed by atoms with van der Waals surface area (Å²) in [5.41, 5.74) is 3.85. The molecule has 158 valence electrons. The Morgan fingerprint density at radius 2 is 1.65 bits per heavy atom. The molecule has 0 saturated heterocycles. The van der Waals surface area contributed by atoms with Gasteiger partial charge < -0.3 is 4.74 Å². The summed E-state index contributed by atoms with van der Waals surface area (Å²) in [6.45, 7) is 2.40. The van der Waals surface area contributed by atoms with Crippen LogP contribution in [0.4, 0.5) is 0 Å². The number of halogens is 3. The number of rotatable bonds is 6. The number of fused-ring (bicyclic) bond motifs is 1. The Balaban J connectivity index is 1.45. The van der Waals surface area contributed by atoms with E-state index in [2.05, 4.69) is 22.6 Å². The van der Waals surface area contributed by atoms with Crippen LogP contribution < -0.4 is 4.74 Å². The zero-order valence-electron chi connectivity index (χ0n) is 16.6. The van der Waals surface area contributed by atoms with Gasteiger partial charge in [0, 0.05) is 3.57 Å². The van der Waals surface area contributed by atoms with Crippen LogP contribution in [0.5, 0.6) is 5.75 Å². The van der Waals surface area contributed by atoms with Gasteiger partial charge in [-0.3, -0.25) is 14.5 Å². The van der Waals surface area contributed by atoms with Crippen LogP contribution in [0.1, 0.15) is 33.2 Å². The van der Waals surface area contributed by atoms with E-state index < -0.39 is 0 Å². The molecule has 1 aliphatic heterocycles. The summed E-state index contributed by atoms with van der Waals surface area (Å²) in [4.78, 5) is 26.5. The van der Waals surface area contributed by atoms with Gasteiger partial charge >= 0.3 is 0 Å². The van der Waals surface area contributed by atoms with Gasteiger partial charge in [-0.25, -0.2) is 0 Å². The lowest BCUT2D eigenvalue weighted by Gasteiger charge is -2.15. The van der Waals surface area contributed by atoms with Crippen molar-refractivity contribution in [3.8, 4) is 16.9 Å². The SMILES string of the molecule is CCc1ccc2c(c1)C(=O)N(CCOc1cccc(-c3cc(Cl)c(Cl)cc3I)c1)C2=O. The first kappa shape index (κ1) is 22.1. The summed E-state index contributed by atoms with van der Waals surface area (Å²) >= 11 is 14.5. The zero-order chi connectivity index (χ0) is 22.1. The van der Waals surface area contributed by atoms with Crippen LogP contribution in [0.15, 0.2) is 54.6 Å². The van der Waals surface area contributed by atoms with Gasteiger partial charge in [-0.05, 0) is 82.1 Å². The molecule has 0 N–H and O–H groups in total. The molecule has 1 aliphatic rings. The van der Waals surface area contributed by atoms with Gasteiger partial charge in [-0.2, -0.15) is 0 Å². The Morgan fingerprint density at radius 1 is 0.903 bits per heavy atom. The maximum Gasteiger partial charge on any atom is 0.261 e. The average Bonchev–Trinajstić information content (AvgIpc) is 3.00. The lowest BCUT2D eigenvalue weighted by Crippen LogP contribution is -2.33. The van der Waals surface area contributed by atoms with Crippen LogP contribution in [-0.4, -0.2) is 29.9 Å². The predicted octanol–water partition coefficient (Wildman–Crippen LogP) is 6.50. The monoisotopic (exact) mass is 565 g/mol. The third-order valence-electron chi connectivity index (χ3n) is 5.18. The minimum absolute atomic E-state index is 0.183. The van der Waals surface area contributed by atoms with Crippen LogP contribution in [0.2, 0.25) is 10.0 Å². The highest BCUT2D eigenvalue weighted by Gasteiger charge is 2.35. The van der Waals surface area contributed by atoms with E-state index in [1.807, 2.05) is 49.4 Å². The van der Waals surface area contributed by atoms with Gasteiger partial charge in [0.05, 0.1) is 27.7 Å². The molecule has 3 aromatic rings. The van der Waals surface area contributed by atoms with Crippen molar-refractivity contribution >= 4 is 57.6 Å². The van der Waals surface area contributed by atoms with Gasteiger partial charge in [0.25, 0.3) is 11.8 Å². The molecule has 0 aliphatic carbocycles. The van der Waals surface area contributed by atoms with Crippen molar-refractivity contribution in [2.75, 3.05) is 13.2 Å². The molecule has 0 atom stereocenters. The standard InChI is InChI=1S/C24H18Cl2INO3/c1-2-14-6-7-17-19(10-14)24(30)28(23(17)29)8-9-31-16-5-3-4-15(11-16)18-12-20(25)21(26)13-22(18)27/h3-7,10-13H,2,8-9H2,1H3. The molecule has 0 radical (unpaired) electrons. The van der Waals surface area contributed by atoms with Gasteiger partial charge in [0.2, 0.25) is 0 Å². The highest BCUT2D eigenvalue weighted by Crippen LogP contribution is 2.34. The smallest absolute Gasteiger partial charge is 0.261 e. The van der Waals surface area contributed by atoms with Crippen LogP contribution in [0.3, 0.4) is 0 Å². The second-order valence-corrected chi connectivity index (χ2v) is 9.09. The third-order valence-corrected chi connectivity index (χ3v) is 6.80. The number of amides is 2. The summed E-state index contributed by atoms with van der Waals surface area (Å²) in [6, 6.07) is 16.7. The summed E-state index contributed by atoms with van der Waals surface area (Å²) in [7, 11) is 0. The largest absolute Gasteiger partial charge is 0.492 e. The Morgan fingerprint density at radius 3 is 2.42 bits per heavy atom. The summed E-state index contributed by atoms with van der Waals surface area (Å²) in [5.74, 6) is 0.104. The normalized spacial score (nSPS) is 13.0. The first-order valence-corrected chi connectivity index (χ1v) is 11.6. The van der Waals surface area contributed by atoms with Gasteiger partial charge in [0.1, 0.15) is 12.4 Å². The topological polar surface area (TPSA) is 46.6 Å². The van der Waals surface area contributed by atoms with E-state index in [0.29, 0.717) is 26.9 Å². The molecule has 2 amide bonds.